The number of carboxylic acid groups (broad SMARTS) is 1. The second kappa shape index (κ2) is 5.78. The number of carbonyl (C=O) groups is 1. The Balaban J connectivity index is 2.79. The molecule has 0 saturated heterocycles. The Hall–Kier alpha value is -1.67. The zero-order chi connectivity index (χ0) is 13.8. The normalized spacial score (nSPS) is 13.0. The van der Waals surface area contributed by atoms with Crippen LogP contribution in [0, 0.1) is 0 Å². The second-order valence-corrected chi connectivity index (χ2v) is 5.60. The van der Waals surface area contributed by atoms with Gasteiger partial charge in [-0.2, -0.15) is 0 Å². The number of aromatic nitrogens is 1. The molecule has 1 aromatic heterocycles. The maximum atomic E-state index is 11.6. The molecule has 0 spiro atoms. The first-order chi connectivity index (χ1) is 8.38. The van der Waals surface area contributed by atoms with Crippen LogP contribution in [-0.4, -0.2) is 36.8 Å². The first-order valence-corrected chi connectivity index (χ1v) is 6.62. The van der Waals surface area contributed by atoms with E-state index in [1.54, 1.807) is 12.1 Å². The van der Waals surface area contributed by atoms with Gasteiger partial charge in [-0.25, -0.2) is 18.1 Å². The van der Waals surface area contributed by atoms with Gasteiger partial charge in [-0.1, -0.05) is 6.07 Å². The van der Waals surface area contributed by atoms with Crippen LogP contribution in [0.2, 0.25) is 0 Å². The fourth-order valence-electron chi connectivity index (χ4n) is 1.18. The molecule has 0 bridgehead atoms. The van der Waals surface area contributed by atoms with Crippen molar-refractivity contribution in [1.29, 1.82) is 0 Å². The monoisotopic (exact) mass is 274 g/mol. The Bertz CT molecular complexity index is 529. The van der Waals surface area contributed by atoms with Gasteiger partial charge in [0, 0.05) is 18.3 Å². The molecule has 1 heterocycles. The number of methoxy groups -OCH3 is 1. The minimum Gasteiger partial charge on any atom is -0.481 e. The molecule has 0 aliphatic carbocycles. The van der Waals surface area contributed by atoms with E-state index in [0.29, 0.717) is 11.4 Å². The quantitative estimate of drug-likeness (QED) is 0.755. The molecule has 7 nitrogen and oxygen atoms in total. The topological polar surface area (TPSA) is 106 Å². The summed E-state index contributed by atoms with van der Waals surface area (Å²) in [7, 11) is -2.50. The maximum absolute atomic E-state index is 11.6. The smallest absolute Gasteiger partial charge is 0.323 e. The summed E-state index contributed by atoms with van der Waals surface area (Å²) in [6.07, 6.45) is 1.51. The summed E-state index contributed by atoms with van der Waals surface area (Å²) in [4.78, 5) is 14.5. The number of rotatable bonds is 6. The van der Waals surface area contributed by atoms with Crippen LogP contribution in [0.3, 0.4) is 0 Å². The van der Waals surface area contributed by atoms with Crippen LogP contribution in [0.25, 0.3) is 0 Å². The van der Waals surface area contributed by atoms with E-state index >= 15 is 0 Å². The molecule has 0 aliphatic heterocycles. The molecule has 0 aliphatic rings. The van der Waals surface area contributed by atoms with Crippen molar-refractivity contribution in [2.24, 2.45) is 0 Å². The van der Waals surface area contributed by atoms with Gasteiger partial charge < -0.3 is 9.84 Å². The van der Waals surface area contributed by atoms with Crippen LogP contribution >= 0.6 is 0 Å². The highest BCUT2D eigenvalue weighted by molar-refractivity contribution is 7.90. The van der Waals surface area contributed by atoms with E-state index in [0.717, 1.165) is 6.92 Å². The summed E-state index contributed by atoms with van der Waals surface area (Å²) in [5.41, 5.74) is 0.529. The van der Waals surface area contributed by atoms with Crippen molar-refractivity contribution < 1.29 is 23.1 Å². The lowest BCUT2D eigenvalue weighted by molar-refractivity contribution is -0.136. The molecule has 0 radical (unpaired) electrons. The van der Waals surface area contributed by atoms with E-state index in [1.807, 2.05) is 0 Å². The van der Waals surface area contributed by atoms with Gasteiger partial charge in [0.15, 0.2) is 5.25 Å². The Morgan fingerprint density at radius 3 is 2.83 bits per heavy atom. The van der Waals surface area contributed by atoms with Crippen molar-refractivity contribution in [1.82, 2.24) is 9.71 Å². The molecular formula is C10H14N2O5S. The molecule has 1 aromatic rings. The number of nitrogens with zero attached hydrogens (tertiary/aromatic N) is 1. The van der Waals surface area contributed by atoms with E-state index in [-0.39, 0.29) is 6.54 Å². The zero-order valence-electron chi connectivity index (χ0n) is 9.95. The summed E-state index contributed by atoms with van der Waals surface area (Å²) in [6, 6.07) is 3.27. The second-order valence-electron chi connectivity index (χ2n) is 3.52. The number of ether oxygens (including phenoxy) is 1. The highest BCUT2D eigenvalue weighted by atomic mass is 32.2. The van der Waals surface area contributed by atoms with Crippen LogP contribution in [0.15, 0.2) is 18.3 Å². The lowest BCUT2D eigenvalue weighted by atomic mass is 10.3. The van der Waals surface area contributed by atoms with Crippen molar-refractivity contribution >= 4 is 16.0 Å². The molecule has 1 rings (SSSR count). The number of nitrogens with one attached hydrogen (secondary N) is 1. The number of pyridine rings is 1. The lowest BCUT2D eigenvalue weighted by Gasteiger charge is -2.11. The standard InChI is InChI=1S/C10H14N2O5S/c1-7(10(13)14)18(15,16)12-6-8-4-3-5-11-9(8)17-2/h3-5,7,12H,6H2,1-2H3,(H,13,14). The van der Waals surface area contributed by atoms with Crippen LogP contribution in [0.4, 0.5) is 0 Å². The predicted octanol–water partition coefficient (Wildman–Crippen LogP) is -0.0173. The molecular weight excluding hydrogens is 260 g/mol. The summed E-state index contributed by atoms with van der Waals surface area (Å²) in [5.74, 6) is -1.11. The molecule has 1 atom stereocenters. The minimum absolute atomic E-state index is 0.0725. The molecule has 0 aromatic carbocycles. The van der Waals surface area contributed by atoms with Crippen LogP contribution in [0.1, 0.15) is 12.5 Å². The number of carboxylic acids is 1. The number of hydrogen-bond acceptors (Lipinski definition) is 5. The van der Waals surface area contributed by atoms with E-state index < -0.39 is 21.2 Å². The third kappa shape index (κ3) is 3.41. The summed E-state index contributed by atoms with van der Waals surface area (Å²) in [5, 5.41) is 7.15. The van der Waals surface area contributed by atoms with E-state index in [4.69, 9.17) is 9.84 Å². The number of aliphatic carboxylic acids is 1. The average molecular weight is 274 g/mol. The lowest BCUT2D eigenvalue weighted by Crippen LogP contribution is -2.37. The van der Waals surface area contributed by atoms with Gasteiger partial charge in [-0.3, -0.25) is 4.79 Å². The number of hydrogen-bond donors (Lipinski definition) is 2. The van der Waals surface area contributed by atoms with Crippen molar-refractivity contribution in [3.63, 3.8) is 0 Å². The summed E-state index contributed by atoms with van der Waals surface area (Å²) in [6.45, 7) is 1.03. The molecule has 1 unspecified atom stereocenters. The van der Waals surface area contributed by atoms with E-state index in [1.165, 1.54) is 13.3 Å². The highest BCUT2D eigenvalue weighted by Crippen LogP contribution is 2.13. The maximum Gasteiger partial charge on any atom is 0.323 e. The van der Waals surface area contributed by atoms with E-state index in [2.05, 4.69) is 9.71 Å². The summed E-state index contributed by atoms with van der Waals surface area (Å²) >= 11 is 0. The van der Waals surface area contributed by atoms with Gasteiger partial charge in [0.05, 0.1) is 7.11 Å². The van der Waals surface area contributed by atoms with Crippen molar-refractivity contribution in [3.8, 4) is 5.88 Å². The molecule has 100 valence electrons. The molecule has 8 heteroatoms. The third-order valence-electron chi connectivity index (χ3n) is 2.32. The fourth-order valence-corrected chi connectivity index (χ4v) is 2.05. The molecule has 18 heavy (non-hydrogen) atoms. The van der Waals surface area contributed by atoms with Crippen LogP contribution in [0.5, 0.6) is 5.88 Å². The average Bonchev–Trinajstić information content (AvgIpc) is 2.35. The van der Waals surface area contributed by atoms with Gasteiger partial charge >= 0.3 is 5.97 Å². The van der Waals surface area contributed by atoms with Gasteiger partial charge in [0.2, 0.25) is 15.9 Å². The molecule has 0 saturated carbocycles. The predicted molar refractivity (Wildman–Crippen MR) is 63.6 cm³/mol. The zero-order valence-corrected chi connectivity index (χ0v) is 10.8. The fraction of sp³-hybridized carbons (Fsp3) is 0.400. The summed E-state index contributed by atoms with van der Waals surface area (Å²) < 4.78 is 30.3. The van der Waals surface area contributed by atoms with Crippen molar-refractivity contribution in [2.75, 3.05) is 7.11 Å². The Morgan fingerprint density at radius 2 is 2.28 bits per heavy atom. The minimum atomic E-state index is -3.92. The Labute approximate surface area is 105 Å². The number of sulfonamides is 1. The van der Waals surface area contributed by atoms with Gasteiger partial charge in [-0.05, 0) is 13.0 Å². The van der Waals surface area contributed by atoms with Gasteiger partial charge in [0.25, 0.3) is 0 Å². The Kier molecular flexibility index (Phi) is 4.62. The highest BCUT2D eigenvalue weighted by Gasteiger charge is 2.27. The first-order valence-electron chi connectivity index (χ1n) is 5.07. The largest absolute Gasteiger partial charge is 0.481 e. The van der Waals surface area contributed by atoms with Crippen LogP contribution in [-0.2, 0) is 21.4 Å². The van der Waals surface area contributed by atoms with E-state index in [9.17, 15) is 13.2 Å². The van der Waals surface area contributed by atoms with Gasteiger partial charge in [0.1, 0.15) is 0 Å². The van der Waals surface area contributed by atoms with Crippen LogP contribution < -0.4 is 9.46 Å². The van der Waals surface area contributed by atoms with Crippen molar-refractivity contribution in [3.05, 3.63) is 23.9 Å². The first kappa shape index (κ1) is 14.4. The van der Waals surface area contributed by atoms with Crippen molar-refractivity contribution in [2.45, 2.75) is 18.7 Å². The van der Waals surface area contributed by atoms with Gasteiger partial charge in [-0.15, -0.1) is 0 Å². The molecule has 2 N–H and O–H groups in total. The molecule has 0 fully saturated rings. The Morgan fingerprint density at radius 1 is 1.61 bits per heavy atom. The molecule has 0 amide bonds. The third-order valence-corrected chi connectivity index (χ3v) is 4.00. The SMILES string of the molecule is COc1ncccc1CNS(=O)(=O)C(C)C(=O)O.